The lowest BCUT2D eigenvalue weighted by Crippen LogP contribution is -2.32. The summed E-state index contributed by atoms with van der Waals surface area (Å²) in [6.07, 6.45) is 1.58. The predicted molar refractivity (Wildman–Crippen MR) is 123 cm³/mol. The van der Waals surface area contributed by atoms with Crippen LogP contribution < -0.4 is 14.8 Å². The van der Waals surface area contributed by atoms with Crippen molar-refractivity contribution in [2.24, 2.45) is 0 Å². The fourth-order valence-electron chi connectivity index (χ4n) is 3.53. The third-order valence-electron chi connectivity index (χ3n) is 5.20. The number of nitro groups is 1. The fourth-order valence-corrected chi connectivity index (χ4v) is 3.53. The lowest BCUT2D eigenvalue weighted by atomic mass is 10.0. The molecule has 2 aromatic carbocycles. The van der Waals surface area contributed by atoms with Gasteiger partial charge < -0.3 is 14.8 Å². The summed E-state index contributed by atoms with van der Waals surface area (Å²) in [4.78, 5) is 42.6. The number of rotatable bonds is 8. The second-order valence-electron chi connectivity index (χ2n) is 7.30. The number of benzene rings is 2. The lowest BCUT2D eigenvalue weighted by Gasteiger charge is -2.15. The highest BCUT2D eigenvalue weighted by molar-refractivity contribution is 6.36. The maximum Gasteiger partial charge on any atom is 0.278 e. The number of aromatic nitrogens is 1. The number of ether oxygens (including phenoxy) is 2. The van der Waals surface area contributed by atoms with E-state index in [0.29, 0.717) is 28.4 Å². The minimum absolute atomic E-state index is 0.0262. The quantitative estimate of drug-likeness (QED) is 0.308. The number of nitrogens with one attached hydrogen (secondary N) is 1. The Labute approximate surface area is 194 Å². The zero-order valence-corrected chi connectivity index (χ0v) is 18.3. The number of non-ortho nitro benzene ring substituents is 1. The van der Waals surface area contributed by atoms with Gasteiger partial charge in [-0.1, -0.05) is 6.07 Å². The molecule has 0 fully saturated rings. The topological polar surface area (TPSA) is 124 Å². The Morgan fingerprint density at radius 2 is 1.65 bits per heavy atom. The number of anilines is 1. The number of carbonyl (C=O) groups is 2. The molecule has 34 heavy (non-hydrogen) atoms. The summed E-state index contributed by atoms with van der Waals surface area (Å²) in [5, 5.41) is 14.1. The maximum absolute atomic E-state index is 13.4. The molecule has 1 aliphatic rings. The first-order chi connectivity index (χ1) is 16.4. The summed E-state index contributed by atoms with van der Waals surface area (Å²) in [6.45, 7) is -0.0262. The van der Waals surface area contributed by atoms with Gasteiger partial charge in [0, 0.05) is 42.2 Å². The molecule has 1 aromatic heterocycles. The van der Waals surface area contributed by atoms with Crippen LogP contribution in [-0.2, 0) is 16.1 Å². The molecule has 0 bridgehead atoms. The Hall–Kier alpha value is -4.73. The molecule has 3 aromatic rings. The van der Waals surface area contributed by atoms with Crippen molar-refractivity contribution in [1.82, 2.24) is 9.88 Å². The largest absolute Gasteiger partial charge is 0.497 e. The van der Waals surface area contributed by atoms with Crippen molar-refractivity contribution in [3.05, 3.63) is 93.9 Å². The number of nitro benzene ring substituents is 1. The average Bonchev–Trinajstić information content (AvgIpc) is 3.08. The van der Waals surface area contributed by atoms with Crippen molar-refractivity contribution < 1.29 is 24.0 Å². The summed E-state index contributed by atoms with van der Waals surface area (Å²) in [7, 11) is 3.00. The van der Waals surface area contributed by atoms with Crippen LogP contribution in [0.3, 0.4) is 0 Å². The van der Waals surface area contributed by atoms with Gasteiger partial charge in [0.1, 0.15) is 17.2 Å². The standard InChI is InChI=1S/C24H20N4O6/c1-33-19-11-17(12-20(13-19)34-2)26-22-21(15-6-8-18(9-7-15)28(31)32)23(29)27(24(22)30)14-16-5-3-4-10-25-16/h3-13,26H,14H2,1-2H3. The van der Waals surface area contributed by atoms with Gasteiger partial charge in [-0.25, -0.2) is 0 Å². The molecule has 0 atom stereocenters. The molecule has 10 heteroatoms. The molecular formula is C24H20N4O6. The van der Waals surface area contributed by atoms with E-state index >= 15 is 0 Å². The first-order valence-electron chi connectivity index (χ1n) is 10.2. The van der Waals surface area contributed by atoms with Crippen LogP contribution in [0.5, 0.6) is 11.5 Å². The molecule has 1 N–H and O–H groups in total. The number of amides is 2. The van der Waals surface area contributed by atoms with Crippen molar-refractivity contribution in [3.63, 3.8) is 0 Å². The third kappa shape index (κ3) is 4.42. The van der Waals surface area contributed by atoms with E-state index in [1.807, 2.05) is 0 Å². The van der Waals surface area contributed by atoms with Gasteiger partial charge in [-0.05, 0) is 29.8 Å². The van der Waals surface area contributed by atoms with Crippen molar-refractivity contribution in [2.45, 2.75) is 6.54 Å². The van der Waals surface area contributed by atoms with E-state index in [1.54, 1.807) is 42.6 Å². The number of imide groups is 1. The van der Waals surface area contributed by atoms with Crippen LogP contribution >= 0.6 is 0 Å². The number of hydrogen-bond donors (Lipinski definition) is 1. The zero-order valence-electron chi connectivity index (χ0n) is 18.3. The van der Waals surface area contributed by atoms with Gasteiger partial charge in [0.15, 0.2) is 0 Å². The Morgan fingerprint density at radius 3 is 2.21 bits per heavy atom. The summed E-state index contributed by atoms with van der Waals surface area (Å²) in [5.41, 5.74) is 1.37. The van der Waals surface area contributed by atoms with E-state index in [4.69, 9.17) is 9.47 Å². The van der Waals surface area contributed by atoms with E-state index in [2.05, 4.69) is 10.3 Å². The first kappa shape index (κ1) is 22.5. The summed E-state index contributed by atoms with van der Waals surface area (Å²) < 4.78 is 10.6. The van der Waals surface area contributed by atoms with Crippen LogP contribution in [0.25, 0.3) is 5.57 Å². The molecular weight excluding hydrogens is 440 g/mol. The maximum atomic E-state index is 13.4. The van der Waals surface area contributed by atoms with Crippen molar-refractivity contribution in [3.8, 4) is 11.5 Å². The Balaban J connectivity index is 1.77. The van der Waals surface area contributed by atoms with Crippen molar-refractivity contribution in [2.75, 3.05) is 19.5 Å². The highest BCUT2D eigenvalue weighted by Crippen LogP contribution is 2.34. The van der Waals surface area contributed by atoms with Gasteiger partial charge in [-0.2, -0.15) is 0 Å². The molecule has 0 radical (unpaired) electrons. The number of pyridine rings is 1. The van der Waals surface area contributed by atoms with E-state index in [0.717, 1.165) is 4.90 Å². The van der Waals surface area contributed by atoms with Crippen LogP contribution in [0, 0.1) is 10.1 Å². The van der Waals surface area contributed by atoms with Crippen molar-refractivity contribution >= 4 is 28.8 Å². The molecule has 0 spiro atoms. The van der Waals surface area contributed by atoms with Crippen LogP contribution in [0.2, 0.25) is 0 Å². The van der Waals surface area contributed by atoms with Gasteiger partial charge in [-0.15, -0.1) is 0 Å². The minimum Gasteiger partial charge on any atom is -0.497 e. The summed E-state index contributed by atoms with van der Waals surface area (Å²) in [5.74, 6) is -0.115. The van der Waals surface area contributed by atoms with Crippen LogP contribution in [0.4, 0.5) is 11.4 Å². The molecule has 0 aliphatic carbocycles. The molecule has 0 saturated carbocycles. The van der Waals surface area contributed by atoms with Crippen LogP contribution in [0.15, 0.2) is 72.6 Å². The minimum atomic E-state index is -0.550. The van der Waals surface area contributed by atoms with E-state index < -0.39 is 16.7 Å². The molecule has 2 amide bonds. The van der Waals surface area contributed by atoms with E-state index in [-0.39, 0.29) is 23.5 Å². The summed E-state index contributed by atoms with van der Waals surface area (Å²) >= 11 is 0. The van der Waals surface area contributed by atoms with Gasteiger partial charge in [-0.3, -0.25) is 29.6 Å². The molecule has 1 aliphatic heterocycles. The molecule has 2 heterocycles. The van der Waals surface area contributed by atoms with Crippen LogP contribution in [0.1, 0.15) is 11.3 Å². The molecule has 4 rings (SSSR count). The van der Waals surface area contributed by atoms with Gasteiger partial charge in [0.05, 0.1) is 37.0 Å². The number of carbonyl (C=O) groups excluding carboxylic acids is 2. The predicted octanol–water partition coefficient (Wildman–Crippen LogP) is 3.40. The highest BCUT2D eigenvalue weighted by Gasteiger charge is 2.39. The first-order valence-corrected chi connectivity index (χ1v) is 10.2. The zero-order chi connectivity index (χ0) is 24.2. The monoisotopic (exact) mass is 460 g/mol. The second kappa shape index (κ2) is 9.41. The van der Waals surface area contributed by atoms with Gasteiger partial charge >= 0.3 is 0 Å². The average molecular weight is 460 g/mol. The van der Waals surface area contributed by atoms with E-state index in [9.17, 15) is 19.7 Å². The van der Waals surface area contributed by atoms with Crippen molar-refractivity contribution in [1.29, 1.82) is 0 Å². The Bertz CT molecular complexity index is 1270. The lowest BCUT2D eigenvalue weighted by molar-refractivity contribution is -0.384. The van der Waals surface area contributed by atoms with Gasteiger partial charge in [0.25, 0.3) is 17.5 Å². The smallest absolute Gasteiger partial charge is 0.278 e. The molecule has 172 valence electrons. The fraction of sp³-hybridized carbons (Fsp3) is 0.125. The van der Waals surface area contributed by atoms with E-state index in [1.165, 1.54) is 38.5 Å². The third-order valence-corrected chi connectivity index (χ3v) is 5.20. The Kier molecular flexibility index (Phi) is 6.22. The van der Waals surface area contributed by atoms with Crippen LogP contribution in [-0.4, -0.2) is 40.8 Å². The number of nitrogens with zero attached hydrogens (tertiary/aromatic N) is 3. The number of methoxy groups -OCH3 is 2. The SMILES string of the molecule is COc1cc(NC2=C(c3ccc([N+](=O)[O-])cc3)C(=O)N(Cc3ccccn3)C2=O)cc(OC)c1. The molecule has 0 unspecified atom stereocenters. The Morgan fingerprint density at radius 1 is 0.971 bits per heavy atom. The number of hydrogen-bond acceptors (Lipinski definition) is 8. The van der Waals surface area contributed by atoms with Gasteiger partial charge in [0.2, 0.25) is 0 Å². The highest BCUT2D eigenvalue weighted by atomic mass is 16.6. The molecule has 10 nitrogen and oxygen atoms in total. The normalized spacial score (nSPS) is 13.3. The second-order valence-corrected chi connectivity index (χ2v) is 7.30. The summed E-state index contributed by atoms with van der Waals surface area (Å²) in [6, 6.07) is 15.6. The molecule has 0 saturated heterocycles.